The lowest BCUT2D eigenvalue weighted by molar-refractivity contribution is -0.139. The summed E-state index contributed by atoms with van der Waals surface area (Å²) < 4.78 is 13.6. The molecule has 1 aliphatic heterocycles. The number of rotatable bonds is 9. The van der Waals surface area contributed by atoms with Crippen LogP contribution in [0, 0.1) is 5.82 Å². The van der Waals surface area contributed by atoms with E-state index < -0.39 is 36.3 Å². The number of amides is 4. The zero-order chi connectivity index (χ0) is 29.7. The molecule has 3 N–H and O–H groups in total. The van der Waals surface area contributed by atoms with Crippen molar-refractivity contribution in [3.8, 4) is 0 Å². The van der Waals surface area contributed by atoms with Gasteiger partial charge >= 0.3 is 12.0 Å². The normalized spacial score (nSPS) is 13.3. The molecule has 0 aromatic heterocycles. The van der Waals surface area contributed by atoms with Gasteiger partial charge in [0.05, 0.1) is 22.2 Å². The summed E-state index contributed by atoms with van der Waals surface area (Å²) in [5.74, 6) is -3.03. The van der Waals surface area contributed by atoms with Crippen molar-refractivity contribution >= 4 is 47.0 Å². The van der Waals surface area contributed by atoms with Crippen LogP contribution >= 0.6 is 23.2 Å². The molecular formula is C29H27Cl2FN4O5. The Morgan fingerprint density at radius 1 is 1.07 bits per heavy atom. The third kappa shape index (κ3) is 7.14. The SMILES string of the molecule is CN(Cc1ccccc1)C(=O)NC[C@H](NC(=O)c1c(Cl)cc2c(c1Cl)CCN(Cc1cccc(F)c1)C2=O)C(=O)O. The van der Waals surface area contributed by atoms with Gasteiger partial charge in [0, 0.05) is 32.2 Å². The van der Waals surface area contributed by atoms with Crippen molar-refractivity contribution in [1.29, 1.82) is 0 Å². The van der Waals surface area contributed by atoms with Crippen LogP contribution < -0.4 is 10.6 Å². The van der Waals surface area contributed by atoms with E-state index in [9.17, 15) is 28.7 Å². The Labute approximate surface area is 245 Å². The average molecular weight is 601 g/mol. The van der Waals surface area contributed by atoms with Gasteiger partial charge in [0.25, 0.3) is 11.8 Å². The maximum absolute atomic E-state index is 13.6. The number of aliphatic carboxylic acids is 1. The van der Waals surface area contributed by atoms with Gasteiger partial charge in [0.2, 0.25) is 0 Å². The molecule has 0 saturated heterocycles. The molecule has 1 heterocycles. The molecule has 214 valence electrons. The van der Waals surface area contributed by atoms with Gasteiger partial charge < -0.3 is 25.5 Å². The van der Waals surface area contributed by atoms with E-state index in [4.69, 9.17) is 23.2 Å². The van der Waals surface area contributed by atoms with Crippen LogP contribution in [-0.4, -0.2) is 64.9 Å². The predicted molar refractivity (Wildman–Crippen MR) is 152 cm³/mol. The second-order valence-corrected chi connectivity index (χ2v) is 10.4. The number of carboxylic acid groups (broad SMARTS) is 1. The minimum atomic E-state index is -1.48. The zero-order valence-electron chi connectivity index (χ0n) is 22.0. The Kier molecular flexibility index (Phi) is 9.46. The molecule has 0 unspecified atom stereocenters. The Morgan fingerprint density at radius 3 is 2.46 bits per heavy atom. The molecule has 4 rings (SSSR count). The summed E-state index contributed by atoms with van der Waals surface area (Å²) in [6.07, 6.45) is 0.304. The number of carbonyl (C=O) groups is 4. The predicted octanol–water partition coefficient (Wildman–Crippen LogP) is 4.36. The van der Waals surface area contributed by atoms with Crippen molar-refractivity contribution in [2.75, 3.05) is 20.1 Å². The summed E-state index contributed by atoms with van der Waals surface area (Å²) in [5, 5.41) is 14.3. The van der Waals surface area contributed by atoms with Gasteiger partial charge in [-0.2, -0.15) is 0 Å². The van der Waals surface area contributed by atoms with Gasteiger partial charge in [-0.1, -0.05) is 65.7 Å². The molecule has 1 atom stereocenters. The van der Waals surface area contributed by atoms with Crippen LogP contribution in [0.4, 0.5) is 9.18 Å². The second kappa shape index (κ2) is 13.0. The minimum absolute atomic E-state index is 0.0560. The lowest BCUT2D eigenvalue weighted by atomic mass is 9.95. The molecule has 0 fully saturated rings. The summed E-state index contributed by atoms with van der Waals surface area (Å²) in [7, 11) is 1.56. The highest BCUT2D eigenvalue weighted by Crippen LogP contribution is 2.35. The summed E-state index contributed by atoms with van der Waals surface area (Å²) in [5.41, 5.74) is 1.96. The summed E-state index contributed by atoms with van der Waals surface area (Å²) in [4.78, 5) is 53.6. The van der Waals surface area contributed by atoms with Gasteiger partial charge in [0.15, 0.2) is 0 Å². The number of fused-ring (bicyclic) bond motifs is 1. The highest BCUT2D eigenvalue weighted by Gasteiger charge is 2.32. The zero-order valence-corrected chi connectivity index (χ0v) is 23.5. The molecule has 0 aliphatic carbocycles. The van der Waals surface area contributed by atoms with E-state index in [1.165, 1.54) is 28.0 Å². The highest BCUT2D eigenvalue weighted by molar-refractivity contribution is 6.41. The van der Waals surface area contributed by atoms with Crippen molar-refractivity contribution in [2.45, 2.75) is 25.6 Å². The van der Waals surface area contributed by atoms with Crippen molar-refractivity contribution in [2.24, 2.45) is 0 Å². The lowest BCUT2D eigenvalue weighted by Crippen LogP contribution is -2.50. The molecule has 0 radical (unpaired) electrons. The second-order valence-electron chi connectivity index (χ2n) is 9.57. The van der Waals surface area contributed by atoms with Gasteiger partial charge in [-0.15, -0.1) is 0 Å². The first-order valence-corrected chi connectivity index (χ1v) is 13.4. The van der Waals surface area contributed by atoms with Crippen molar-refractivity contribution < 1.29 is 28.7 Å². The number of nitrogens with zero attached hydrogens (tertiary/aromatic N) is 2. The molecule has 3 aromatic carbocycles. The highest BCUT2D eigenvalue weighted by atomic mass is 35.5. The van der Waals surface area contributed by atoms with Gasteiger partial charge in [0.1, 0.15) is 11.9 Å². The maximum Gasteiger partial charge on any atom is 0.328 e. The summed E-state index contributed by atoms with van der Waals surface area (Å²) >= 11 is 12.9. The van der Waals surface area contributed by atoms with Crippen LogP contribution in [0.15, 0.2) is 60.7 Å². The van der Waals surface area contributed by atoms with E-state index in [2.05, 4.69) is 10.6 Å². The number of halogens is 3. The first-order chi connectivity index (χ1) is 19.5. The van der Waals surface area contributed by atoms with E-state index in [1.807, 2.05) is 30.3 Å². The summed E-state index contributed by atoms with van der Waals surface area (Å²) in [6, 6.07) is 14.5. The average Bonchev–Trinajstić information content (AvgIpc) is 2.93. The number of hydrogen-bond donors (Lipinski definition) is 3. The number of carbonyl (C=O) groups excluding carboxylic acids is 3. The Balaban J connectivity index is 1.44. The van der Waals surface area contributed by atoms with Crippen LogP contribution in [0.1, 0.15) is 37.4 Å². The molecule has 9 nitrogen and oxygen atoms in total. The third-order valence-electron chi connectivity index (χ3n) is 6.63. The molecule has 1 aliphatic rings. The first-order valence-electron chi connectivity index (χ1n) is 12.7. The monoisotopic (exact) mass is 600 g/mol. The van der Waals surface area contributed by atoms with E-state index in [0.29, 0.717) is 24.1 Å². The van der Waals surface area contributed by atoms with Crippen LogP contribution in [0.25, 0.3) is 0 Å². The fourth-order valence-corrected chi connectivity index (χ4v) is 5.23. The molecule has 0 spiro atoms. The molecule has 0 bridgehead atoms. The smallest absolute Gasteiger partial charge is 0.328 e. The van der Waals surface area contributed by atoms with E-state index in [-0.39, 0.29) is 40.2 Å². The Hall–Kier alpha value is -4.15. The van der Waals surface area contributed by atoms with Crippen molar-refractivity contribution in [3.05, 3.63) is 104 Å². The van der Waals surface area contributed by atoms with Crippen molar-refractivity contribution in [3.63, 3.8) is 0 Å². The number of carboxylic acids is 1. The number of hydrogen-bond acceptors (Lipinski definition) is 4. The van der Waals surface area contributed by atoms with Gasteiger partial charge in [-0.05, 0) is 41.3 Å². The number of nitrogens with one attached hydrogen (secondary N) is 2. The third-order valence-corrected chi connectivity index (χ3v) is 7.34. The van der Waals surface area contributed by atoms with E-state index in [0.717, 1.165) is 5.56 Å². The molecule has 4 amide bonds. The van der Waals surface area contributed by atoms with Crippen molar-refractivity contribution in [1.82, 2.24) is 20.4 Å². The van der Waals surface area contributed by atoms with Crippen LogP contribution in [0.2, 0.25) is 10.0 Å². The Bertz CT molecular complexity index is 1490. The van der Waals surface area contributed by atoms with Crippen LogP contribution in [0.3, 0.4) is 0 Å². The minimum Gasteiger partial charge on any atom is -0.480 e. The maximum atomic E-state index is 13.6. The Morgan fingerprint density at radius 2 is 1.78 bits per heavy atom. The van der Waals surface area contributed by atoms with E-state index >= 15 is 0 Å². The van der Waals surface area contributed by atoms with Crippen LogP contribution in [0.5, 0.6) is 0 Å². The molecule has 41 heavy (non-hydrogen) atoms. The lowest BCUT2D eigenvalue weighted by Gasteiger charge is -2.30. The largest absolute Gasteiger partial charge is 0.480 e. The number of urea groups is 1. The molecule has 0 saturated carbocycles. The molecule has 3 aromatic rings. The topological polar surface area (TPSA) is 119 Å². The standard InChI is InChI=1S/C29H27Cl2FN4O5/c1-35(15-17-6-3-2-4-7-17)29(41)33-14-23(28(39)40)34-26(37)24-22(30)13-21-20(25(24)31)10-11-36(27(21)38)16-18-8-5-9-19(32)12-18/h2-9,12-13,23H,10-11,14-16H2,1H3,(H,33,41)(H,34,37)(H,39,40)/t23-/m0/s1. The van der Waals surface area contributed by atoms with Crippen LogP contribution in [-0.2, 0) is 24.3 Å². The first kappa shape index (κ1) is 29.8. The summed E-state index contributed by atoms with van der Waals surface area (Å²) in [6.45, 7) is 0.354. The molecule has 12 heteroatoms. The van der Waals surface area contributed by atoms with Gasteiger partial charge in [-0.3, -0.25) is 9.59 Å². The molecular weight excluding hydrogens is 574 g/mol. The van der Waals surface area contributed by atoms with Gasteiger partial charge in [-0.25, -0.2) is 14.0 Å². The number of benzene rings is 3. The van der Waals surface area contributed by atoms with E-state index in [1.54, 1.807) is 19.2 Å². The fraction of sp³-hybridized carbons (Fsp3) is 0.241. The fourth-order valence-electron chi connectivity index (χ4n) is 4.51. The quantitative estimate of drug-likeness (QED) is 0.337.